The third-order valence-electron chi connectivity index (χ3n) is 5.13. The molecule has 7 heteroatoms. The van der Waals surface area contributed by atoms with Crippen molar-refractivity contribution >= 4 is 21.9 Å². The standard InChI is InChI=1S/C26H21BrN2O4/c1-2-11-31-19-8-4-6-17(13-19)26(30)32-20-9-10-21-23(14-20)33-25(29)22(15-28)24(21)16-5-3-7-18(27)12-16/h3-10,12-14,24H,2,11,29H2,1H3/t24-/m1/s1. The van der Waals surface area contributed by atoms with Crippen LogP contribution in [-0.4, -0.2) is 12.6 Å². The average Bonchev–Trinajstić information content (AvgIpc) is 2.82. The normalized spacial score (nSPS) is 14.6. The fourth-order valence-corrected chi connectivity index (χ4v) is 4.04. The molecule has 3 aromatic rings. The average molecular weight is 505 g/mol. The quantitative estimate of drug-likeness (QED) is 0.343. The number of nitrogens with zero attached hydrogens (tertiary/aromatic N) is 1. The van der Waals surface area contributed by atoms with Crippen LogP contribution >= 0.6 is 15.9 Å². The number of nitrogens with two attached hydrogens (primary N) is 1. The summed E-state index contributed by atoms with van der Waals surface area (Å²) in [6.07, 6.45) is 0.871. The summed E-state index contributed by atoms with van der Waals surface area (Å²) in [4.78, 5) is 12.7. The molecular weight excluding hydrogens is 484 g/mol. The SMILES string of the molecule is CCCOc1cccc(C(=O)Oc2ccc3c(c2)OC(N)=C(C#N)[C@@H]3c2cccc(Br)c2)c1. The Morgan fingerprint density at radius 1 is 1.12 bits per heavy atom. The smallest absolute Gasteiger partial charge is 0.343 e. The van der Waals surface area contributed by atoms with E-state index < -0.39 is 11.9 Å². The van der Waals surface area contributed by atoms with Gasteiger partial charge >= 0.3 is 5.97 Å². The molecule has 33 heavy (non-hydrogen) atoms. The second kappa shape index (κ2) is 9.80. The fourth-order valence-electron chi connectivity index (χ4n) is 3.63. The maximum Gasteiger partial charge on any atom is 0.343 e. The summed E-state index contributed by atoms with van der Waals surface area (Å²) in [6.45, 7) is 2.58. The van der Waals surface area contributed by atoms with Crippen LogP contribution in [0.3, 0.4) is 0 Å². The highest BCUT2D eigenvalue weighted by Gasteiger charge is 2.31. The first-order valence-electron chi connectivity index (χ1n) is 10.4. The largest absolute Gasteiger partial charge is 0.494 e. The van der Waals surface area contributed by atoms with Crippen LogP contribution in [0.25, 0.3) is 0 Å². The van der Waals surface area contributed by atoms with Crippen LogP contribution < -0.4 is 19.9 Å². The van der Waals surface area contributed by atoms with Crippen LogP contribution in [-0.2, 0) is 0 Å². The maximum absolute atomic E-state index is 12.7. The van der Waals surface area contributed by atoms with Crippen LogP contribution in [0.5, 0.6) is 17.2 Å². The van der Waals surface area contributed by atoms with Gasteiger partial charge < -0.3 is 19.9 Å². The minimum Gasteiger partial charge on any atom is -0.494 e. The molecule has 0 spiro atoms. The number of halogens is 1. The number of fused-ring (bicyclic) bond motifs is 1. The molecule has 1 aliphatic rings. The van der Waals surface area contributed by atoms with Gasteiger partial charge in [-0.1, -0.05) is 47.1 Å². The van der Waals surface area contributed by atoms with Gasteiger partial charge in [0.15, 0.2) is 0 Å². The van der Waals surface area contributed by atoms with Gasteiger partial charge in [-0.3, -0.25) is 0 Å². The molecule has 0 saturated heterocycles. The highest BCUT2D eigenvalue weighted by Crippen LogP contribution is 2.43. The fraction of sp³-hybridized carbons (Fsp3) is 0.154. The van der Waals surface area contributed by atoms with Crippen LogP contribution in [0.15, 0.2) is 82.7 Å². The maximum atomic E-state index is 12.7. The Bertz CT molecular complexity index is 1280. The second-order valence-electron chi connectivity index (χ2n) is 7.45. The van der Waals surface area contributed by atoms with Gasteiger partial charge in [0, 0.05) is 16.1 Å². The van der Waals surface area contributed by atoms with E-state index in [1.54, 1.807) is 42.5 Å². The van der Waals surface area contributed by atoms with Crippen LogP contribution in [0.4, 0.5) is 0 Å². The van der Waals surface area contributed by atoms with Crippen molar-refractivity contribution in [1.29, 1.82) is 5.26 Å². The molecule has 0 amide bonds. The Hall–Kier alpha value is -3.76. The van der Waals surface area contributed by atoms with Gasteiger partial charge in [-0.2, -0.15) is 5.26 Å². The number of ether oxygens (including phenoxy) is 3. The van der Waals surface area contributed by atoms with E-state index in [1.165, 1.54) is 0 Å². The molecule has 0 aromatic heterocycles. The van der Waals surface area contributed by atoms with Crippen molar-refractivity contribution in [1.82, 2.24) is 0 Å². The van der Waals surface area contributed by atoms with E-state index in [0.717, 1.165) is 22.0 Å². The van der Waals surface area contributed by atoms with Crippen molar-refractivity contribution < 1.29 is 19.0 Å². The number of hydrogen-bond donors (Lipinski definition) is 1. The Morgan fingerprint density at radius 3 is 2.70 bits per heavy atom. The lowest BCUT2D eigenvalue weighted by Crippen LogP contribution is -2.21. The predicted molar refractivity (Wildman–Crippen MR) is 127 cm³/mol. The monoisotopic (exact) mass is 504 g/mol. The zero-order valence-corrected chi connectivity index (χ0v) is 19.5. The molecule has 1 atom stereocenters. The molecule has 2 N–H and O–H groups in total. The number of nitriles is 1. The van der Waals surface area contributed by atoms with Crippen LogP contribution in [0.1, 0.15) is 40.7 Å². The minimum atomic E-state index is -0.516. The highest BCUT2D eigenvalue weighted by molar-refractivity contribution is 9.10. The lowest BCUT2D eigenvalue weighted by atomic mass is 9.83. The first kappa shape index (κ1) is 22.4. The molecule has 6 nitrogen and oxygen atoms in total. The van der Waals surface area contributed by atoms with Crippen molar-refractivity contribution in [3.8, 4) is 23.3 Å². The molecule has 3 aromatic carbocycles. The van der Waals surface area contributed by atoms with Crippen molar-refractivity contribution in [3.05, 3.63) is 99.3 Å². The molecular formula is C26H21BrN2O4. The Kier molecular flexibility index (Phi) is 6.66. The van der Waals surface area contributed by atoms with Crippen molar-refractivity contribution in [3.63, 3.8) is 0 Å². The number of rotatable bonds is 6. The number of carbonyl (C=O) groups excluding carboxylic acids is 1. The molecule has 0 aliphatic carbocycles. The lowest BCUT2D eigenvalue weighted by molar-refractivity contribution is 0.0734. The summed E-state index contributed by atoms with van der Waals surface area (Å²) in [5.74, 6) is 0.464. The number of allylic oxidation sites excluding steroid dienone is 1. The first-order chi connectivity index (χ1) is 16.0. The molecule has 4 rings (SSSR count). The van der Waals surface area contributed by atoms with Crippen LogP contribution in [0, 0.1) is 11.3 Å². The van der Waals surface area contributed by atoms with E-state index in [9.17, 15) is 10.1 Å². The summed E-state index contributed by atoms with van der Waals surface area (Å²) in [7, 11) is 0. The van der Waals surface area contributed by atoms with E-state index in [2.05, 4.69) is 22.0 Å². The third kappa shape index (κ3) is 4.86. The number of hydrogen-bond acceptors (Lipinski definition) is 6. The zero-order chi connectivity index (χ0) is 23.4. The summed E-state index contributed by atoms with van der Waals surface area (Å²) in [6, 6.07) is 21.8. The predicted octanol–water partition coefficient (Wildman–Crippen LogP) is 5.68. The Balaban J connectivity index is 1.62. The van der Waals surface area contributed by atoms with Crippen molar-refractivity contribution in [2.75, 3.05) is 6.61 Å². The molecule has 0 saturated carbocycles. The van der Waals surface area contributed by atoms with Gasteiger partial charge in [0.05, 0.1) is 18.1 Å². The van der Waals surface area contributed by atoms with Gasteiger partial charge in [0.2, 0.25) is 5.88 Å². The van der Waals surface area contributed by atoms with Crippen LogP contribution in [0.2, 0.25) is 0 Å². The van der Waals surface area contributed by atoms with Crippen molar-refractivity contribution in [2.45, 2.75) is 19.3 Å². The van der Waals surface area contributed by atoms with E-state index in [1.807, 2.05) is 31.2 Å². The first-order valence-corrected chi connectivity index (χ1v) is 11.2. The van der Waals surface area contributed by atoms with Gasteiger partial charge in [0.1, 0.15) is 28.9 Å². The Morgan fingerprint density at radius 2 is 1.94 bits per heavy atom. The second-order valence-corrected chi connectivity index (χ2v) is 8.36. The molecule has 1 heterocycles. The van der Waals surface area contributed by atoms with Gasteiger partial charge in [-0.05, 0) is 48.4 Å². The molecule has 166 valence electrons. The molecule has 0 radical (unpaired) electrons. The number of benzene rings is 3. The van der Waals surface area contributed by atoms with E-state index in [4.69, 9.17) is 19.9 Å². The summed E-state index contributed by atoms with van der Waals surface area (Å²) < 4.78 is 17.8. The minimum absolute atomic E-state index is 0.0271. The molecule has 0 unspecified atom stereocenters. The van der Waals surface area contributed by atoms with Gasteiger partial charge in [0.25, 0.3) is 0 Å². The molecule has 1 aliphatic heterocycles. The van der Waals surface area contributed by atoms with Gasteiger partial charge in [-0.15, -0.1) is 0 Å². The highest BCUT2D eigenvalue weighted by atomic mass is 79.9. The van der Waals surface area contributed by atoms with Crippen molar-refractivity contribution in [2.24, 2.45) is 5.73 Å². The summed E-state index contributed by atoms with van der Waals surface area (Å²) >= 11 is 3.48. The third-order valence-corrected chi connectivity index (χ3v) is 5.62. The number of esters is 1. The summed E-state index contributed by atoms with van der Waals surface area (Å²) in [5.41, 5.74) is 8.42. The van der Waals surface area contributed by atoms with E-state index in [-0.39, 0.29) is 5.88 Å². The molecule has 0 fully saturated rings. The zero-order valence-electron chi connectivity index (χ0n) is 17.9. The number of carbonyl (C=O) groups is 1. The lowest BCUT2D eigenvalue weighted by Gasteiger charge is -2.26. The Labute approximate surface area is 200 Å². The topological polar surface area (TPSA) is 94.6 Å². The van der Waals surface area contributed by atoms with E-state index >= 15 is 0 Å². The summed E-state index contributed by atoms with van der Waals surface area (Å²) in [5, 5.41) is 9.70. The van der Waals surface area contributed by atoms with Gasteiger partial charge in [-0.25, -0.2) is 4.79 Å². The molecule has 0 bridgehead atoms. The van der Waals surface area contributed by atoms with E-state index in [0.29, 0.717) is 35.0 Å².